The molecule has 0 aliphatic heterocycles. The van der Waals surface area contributed by atoms with Crippen molar-refractivity contribution in [2.75, 3.05) is 30.9 Å². The van der Waals surface area contributed by atoms with E-state index in [0.29, 0.717) is 24.1 Å². The third kappa shape index (κ3) is 5.71. The minimum atomic E-state index is -0.490. The van der Waals surface area contributed by atoms with Gasteiger partial charge in [-0.15, -0.1) is 11.8 Å². The van der Waals surface area contributed by atoms with Gasteiger partial charge in [-0.3, -0.25) is 14.9 Å². The van der Waals surface area contributed by atoms with Crippen molar-refractivity contribution in [3.63, 3.8) is 0 Å². The van der Waals surface area contributed by atoms with E-state index in [9.17, 15) is 14.9 Å². The van der Waals surface area contributed by atoms with E-state index in [1.807, 2.05) is 24.3 Å². The minimum Gasteiger partial charge on any atom is -0.383 e. The van der Waals surface area contributed by atoms with Gasteiger partial charge in [0.2, 0.25) is 0 Å². The first-order valence-electron chi connectivity index (χ1n) is 9.67. The molecule has 1 aliphatic rings. The first-order valence-corrected chi connectivity index (χ1v) is 10.5. The van der Waals surface area contributed by atoms with Crippen LogP contribution in [-0.2, 0) is 4.74 Å². The summed E-state index contributed by atoms with van der Waals surface area (Å²) in [4.78, 5) is 24.7. The molecule has 0 saturated heterocycles. The minimum absolute atomic E-state index is 0.137. The molecule has 2 aromatic rings. The molecule has 1 saturated carbocycles. The van der Waals surface area contributed by atoms with E-state index in [1.54, 1.807) is 31.0 Å². The SMILES string of the molecule is COCCNc1ccc(C(=O)Nc2ccccc2SC2CCCC2)cc1[N+](=O)[O-]. The van der Waals surface area contributed by atoms with E-state index in [4.69, 9.17) is 4.74 Å². The smallest absolute Gasteiger partial charge is 0.293 e. The van der Waals surface area contributed by atoms with Crippen LogP contribution in [0.4, 0.5) is 17.1 Å². The summed E-state index contributed by atoms with van der Waals surface area (Å²) in [5.74, 6) is -0.365. The normalized spacial score (nSPS) is 14.0. The van der Waals surface area contributed by atoms with Crippen molar-refractivity contribution >= 4 is 34.7 Å². The van der Waals surface area contributed by atoms with Crippen molar-refractivity contribution in [3.8, 4) is 0 Å². The Kier molecular flexibility index (Phi) is 7.48. The van der Waals surface area contributed by atoms with Crippen molar-refractivity contribution in [3.05, 3.63) is 58.1 Å². The Bertz CT molecular complexity index is 869. The molecule has 1 amide bonds. The highest BCUT2D eigenvalue weighted by atomic mass is 32.2. The summed E-state index contributed by atoms with van der Waals surface area (Å²) in [6, 6.07) is 12.1. The predicted molar refractivity (Wildman–Crippen MR) is 116 cm³/mol. The number of rotatable bonds is 9. The molecule has 0 atom stereocenters. The number of para-hydroxylation sites is 1. The number of hydrogen-bond acceptors (Lipinski definition) is 6. The van der Waals surface area contributed by atoms with E-state index >= 15 is 0 Å². The number of nitro groups is 1. The molecule has 0 heterocycles. The van der Waals surface area contributed by atoms with Gasteiger partial charge in [-0.05, 0) is 37.1 Å². The van der Waals surface area contributed by atoms with Gasteiger partial charge in [0.1, 0.15) is 5.69 Å². The second-order valence-electron chi connectivity index (χ2n) is 6.88. The molecule has 7 nitrogen and oxygen atoms in total. The first kappa shape index (κ1) is 21.1. The van der Waals surface area contributed by atoms with Gasteiger partial charge in [-0.25, -0.2) is 0 Å². The van der Waals surface area contributed by atoms with Crippen LogP contribution in [0.25, 0.3) is 0 Å². The van der Waals surface area contributed by atoms with Crippen molar-refractivity contribution in [1.29, 1.82) is 0 Å². The van der Waals surface area contributed by atoms with Gasteiger partial charge in [-0.1, -0.05) is 25.0 Å². The maximum Gasteiger partial charge on any atom is 0.293 e. The largest absolute Gasteiger partial charge is 0.383 e. The standard InChI is InChI=1S/C21H25N3O4S/c1-28-13-12-22-17-11-10-15(14-19(17)24(26)27)21(25)23-18-8-4-5-9-20(18)29-16-6-2-3-7-16/h4-5,8-11,14,16,22H,2-3,6-7,12-13H2,1H3,(H,23,25). The Balaban J connectivity index is 1.75. The zero-order chi connectivity index (χ0) is 20.6. The van der Waals surface area contributed by atoms with Gasteiger partial charge in [0.25, 0.3) is 11.6 Å². The molecule has 3 rings (SSSR count). The Morgan fingerprint density at radius 1 is 1.21 bits per heavy atom. The van der Waals surface area contributed by atoms with Crippen molar-refractivity contribution < 1.29 is 14.5 Å². The lowest BCUT2D eigenvalue weighted by molar-refractivity contribution is -0.384. The highest BCUT2D eigenvalue weighted by Gasteiger charge is 2.20. The summed E-state index contributed by atoms with van der Waals surface area (Å²) < 4.78 is 4.95. The number of nitrogens with one attached hydrogen (secondary N) is 2. The molecule has 0 bridgehead atoms. The van der Waals surface area contributed by atoms with E-state index in [2.05, 4.69) is 10.6 Å². The van der Waals surface area contributed by atoms with E-state index < -0.39 is 4.92 Å². The third-order valence-corrected chi connectivity index (χ3v) is 6.22. The lowest BCUT2D eigenvalue weighted by Gasteiger charge is -2.14. The van der Waals surface area contributed by atoms with Crippen molar-refractivity contribution in [2.45, 2.75) is 35.8 Å². The van der Waals surface area contributed by atoms with Crippen molar-refractivity contribution in [1.82, 2.24) is 0 Å². The molecular formula is C21H25N3O4S. The molecule has 0 aromatic heterocycles. The number of carbonyl (C=O) groups is 1. The Labute approximate surface area is 174 Å². The predicted octanol–water partition coefficient (Wildman–Crippen LogP) is 4.94. The number of methoxy groups -OCH3 is 1. The number of amides is 1. The van der Waals surface area contributed by atoms with E-state index in [-0.39, 0.29) is 17.2 Å². The van der Waals surface area contributed by atoms with Crippen LogP contribution in [0, 0.1) is 10.1 Å². The van der Waals surface area contributed by atoms with E-state index in [0.717, 1.165) is 10.6 Å². The van der Waals surface area contributed by atoms with Gasteiger partial charge in [0.05, 0.1) is 17.2 Å². The van der Waals surface area contributed by atoms with Crippen LogP contribution < -0.4 is 10.6 Å². The van der Waals surface area contributed by atoms with Gasteiger partial charge < -0.3 is 15.4 Å². The number of hydrogen-bond donors (Lipinski definition) is 2. The van der Waals surface area contributed by atoms with Gasteiger partial charge in [0.15, 0.2) is 0 Å². The van der Waals surface area contributed by atoms with Crippen LogP contribution in [0.3, 0.4) is 0 Å². The summed E-state index contributed by atoms with van der Waals surface area (Å²) in [5, 5.41) is 17.9. The quantitative estimate of drug-likeness (QED) is 0.342. The molecule has 8 heteroatoms. The lowest BCUT2D eigenvalue weighted by Crippen LogP contribution is -2.14. The highest BCUT2D eigenvalue weighted by Crippen LogP contribution is 2.38. The Hall–Kier alpha value is -2.58. The van der Waals surface area contributed by atoms with Crippen LogP contribution in [0.2, 0.25) is 0 Å². The van der Waals surface area contributed by atoms with Gasteiger partial charge >= 0.3 is 0 Å². The molecule has 29 heavy (non-hydrogen) atoms. The summed E-state index contributed by atoms with van der Waals surface area (Å²) in [6.07, 6.45) is 4.88. The molecule has 1 fully saturated rings. The Morgan fingerprint density at radius 2 is 1.97 bits per heavy atom. The summed E-state index contributed by atoms with van der Waals surface area (Å²) in [5.41, 5.74) is 1.21. The topological polar surface area (TPSA) is 93.5 Å². The second kappa shape index (κ2) is 10.3. The number of nitrogens with zero attached hydrogens (tertiary/aromatic N) is 1. The van der Waals surface area contributed by atoms with Crippen LogP contribution in [0.5, 0.6) is 0 Å². The molecule has 2 N–H and O–H groups in total. The average Bonchev–Trinajstić information content (AvgIpc) is 3.23. The molecule has 154 valence electrons. The number of carbonyl (C=O) groups excluding carboxylic acids is 1. The maximum absolute atomic E-state index is 12.8. The summed E-state index contributed by atoms with van der Waals surface area (Å²) >= 11 is 1.79. The fourth-order valence-corrected chi connectivity index (χ4v) is 4.65. The fourth-order valence-electron chi connectivity index (χ4n) is 3.31. The van der Waals surface area contributed by atoms with E-state index in [1.165, 1.54) is 31.7 Å². The zero-order valence-corrected chi connectivity index (χ0v) is 17.2. The second-order valence-corrected chi connectivity index (χ2v) is 8.23. The summed E-state index contributed by atoms with van der Waals surface area (Å²) in [7, 11) is 1.56. The van der Waals surface area contributed by atoms with Gasteiger partial charge in [0, 0.05) is 35.4 Å². The maximum atomic E-state index is 12.8. The highest BCUT2D eigenvalue weighted by molar-refractivity contribution is 8.00. The molecule has 0 radical (unpaired) electrons. The lowest BCUT2D eigenvalue weighted by atomic mass is 10.1. The number of benzene rings is 2. The average molecular weight is 416 g/mol. The number of anilines is 2. The number of nitro benzene ring substituents is 1. The molecule has 0 spiro atoms. The van der Waals surface area contributed by atoms with Crippen LogP contribution in [0.15, 0.2) is 47.4 Å². The Morgan fingerprint density at radius 3 is 2.69 bits per heavy atom. The zero-order valence-electron chi connectivity index (χ0n) is 16.3. The first-order chi connectivity index (χ1) is 14.1. The molecule has 2 aromatic carbocycles. The monoisotopic (exact) mass is 415 g/mol. The van der Waals surface area contributed by atoms with Crippen LogP contribution >= 0.6 is 11.8 Å². The van der Waals surface area contributed by atoms with Crippen LogP contribution in [0.1, 0.15) is 36.0 Å². The van der Waals surface area contributed by atoms with Crippen LogP contribution in [-0.4, -0.2) is 36.3 Å². The van der Waals surface area contributed by atoms with Gasteiger partial charge in [-0.2, -0.15) is 0 Å². The number of ether oxygens (including phenoxy) is 1. The van der Waals surface area contributed by atoms with Crippen molar-refractivity contribution in [2.24, 2.45) is 0 Å². The fraction of sp³-hybridized carbons (Fsp3) is 0.381. The molecule has 0 unspecified atom stereocenters. The third-order valence-electron chi connectivity index (χ3n) is 4.81. The molecule has 1 aliphatic carbocycles. The molecular weight excluding hydrogens is 390 g/mol. The summed E-state index contributed by atoms with van der Waals surface area (Å²) in [6.45, 7) is 0.865. The number of thioether (sulfide) groups is 1.